The molecule has 2 aromatic rings. The monoisotopic (exact) mass is 246 g/mol. The SMILES string of the molecule is COc1ccc(-n2cc(C=O)c(C)n2)cc1OC. The number of benzene rings is 1. The maximum absolute atomic E-state index is 10.8. The number of hydrogen-bond donors (Lipinski definition) is 0. The van der Waals surface area contributed by atoms with Crippen molar-refractivity contribution in [3.8, 4) is 17.2 Å². The molecule has 1 heterocycles. The average molecular weight is 246 g/mol. The predicted octanol–water partition coefficient (Wildman–Crippen LogP) is 2.01. The van der Waals surface area contributed by atoms with Crippen LogP contribution in [0.3, 0.4) is 0 Å². The molecule has 0 saturated heterocycles. The van der Waals surface area contributed by atoms with Crippen molar-refractivity contribution < 1.29 is 14.3 Å². The molecule has 94 valence electrons. The third-order valence-corrected chi connectivity index (χ3v) is 2.70. The third-order valence-electron chi connectivity index (χ3n) is 2.70. The second kappa shape index (κ2) is 4.91. The minimum Gasteiger partial charge on any atom is -0.493 e. The zero-order valence-electron chi connectivity index (χ0n) is 10.5. The minimum atomic E-state index is 0.574. The van der Waals surface area contributed by atoms with E-state index < -0.39 is 0 Å². The molecule has 2 rings (SSSR count). The van der Waals surface area contributed by atoms with Gasteiger partial charge in [-0.25, -0.2) is 4.68 Å². The van der Waals surface area contributed by atoms with Crippen molar-refractivity contribution in [3.05, 3.63) is 35.7 Å². The number of rotatable bonds is 4. The van der Waals surface area contributed by atoms with Crippen LogP contribution in [0.2, 0.25) is 0 Å². The van der Waals surface area contributed by atoms with Gasteiger partial charge in [-0.1, -0.05) is 0 Å². The fourth-order valence-corrected chi connectivity index (χ4v) is 1.69. The largest absolute Gasteiger partial charge is 0.493 e. The molecule has 0 saturated carbocycles. The lowest BCUT2D eigenvalue weighted by Crippen LogP contribution is -1.97. The molecule has 0 aliphatic carbocycles. The molecule has 1 aromatic carbocycles. The molecule has 0 atom stereocenters. The summed E-state index contributed by atoms with van der Waals surface area (Å²) in [7, 11) is 3.16. The van der Waals surface area contributed by atoms with Crippen molar-refractivity contribution in [1.29, 1.82) is 0 Å². The van der Waals surface area contributed by atoms with Gasteiger partial charge in [-0.05, 0) is 19.1 Å². The van der Waals surface area contributed by atoms with E-state index in [1.807, 2.05) is 6.07 Å². The van der Waals surface area contributed by atoms with Crippen LogP contribution in [0.4, 0.5) is 0 Å². The Labute approximate surface area is 105 Å². The molecule has 5 heteroatoms. The summed E-state index contributed by atoms with van der Waals surface area (Å²) in [6.07, 6.45) is 2.48. The summed E-state index contributed by atoms with van der Waals surface area (Å²) in [5.41, 5.74) is 2.08. The number of aryl methyl sites for hydroxylation is 1. The number of aromatic nitrogens is 2. The van der Waals surface area contributed by atoms with E-state index in [0.717, 1.165) is 12.0 Å². The second-order valence-electron chi connectivity index (χ2n) is 3.77. The van der Waals surface area contributed by atoms with Gasteiger partial charge < -0.3 is 9.47 Å². The Kier molecular flexibility index (Phi) is 3.32. The molecule has 0 amide bonds. The van der Waals surface area contributed by atoms with Gasteiger partial charge in [-0.3, -0.25) is 4.79 Å². The Hall–Kier alpha value is -2.30. The summed E-state index contributed by atoms with van der Waals surface area (Å²) >= 11 is 0. The molecule has 1 aromatic heterocycles. The highest BCUT2D eigenvalue weighted by Gasteiger charge is 2.09. The van der Waals surface area contributed by atoms with Crippen LogP contribution in [0.25, 0.3) is 5.69 Å². The first-order valence-corrected chi connectivity index (χ1v) is 5.43. The van der Waals surface area contributed by atoms with Gasteiger partial charge in [-0.2, -0.15) is 5.10 Å². The van der Waals surface area contributed by atoms with Gasteiger partial charge >= 0.3 is 0 Å². The molecule has 0 unspecified atom stereocenters. The van der Waals surface area contributed by atoms with E-state index in [1.54, 1.807) is 44.2 Å². The Bertz CT molecular complexity index is 576. The number of nitrogens with zero attached hydrogens (tertiary/aromatic N) is 2. The van der Waals surface area contributed by atoms with Crippen LogP contribution < -0.4 is 9.47 Å². The van der Waals surface area contributed by atoms with E-state index in [1.165, 1.54) is 0 Å². The maximum atomic E-state index is 10.8. The quantitative estimate of drug-likeness (QED) is 0.774. The standard InChI is InChI=1S/C13H14N2O3/c1-9-10(8-16)7-15(14-9)11-4-5-12(17-2)13(6-11)18-3/h4-8H,1-3H3. The van der Waals surface area contributed by atoms with Crippen LogP contribution in [0, 0.1) is 6.92 Å². The number of methoxy groups -OCH3 is 2. The molecule has 0 aliphatic heterocycles. The van der Waals surface area contributed by atoms with E-state index in [0.29, 0.717) is 22.8 Å². The average Bonchev–Trinajstić information content (AvgIpc) is 2.79. The topological polar surface area (TPSA) is 53.4 Å². The van der Waals surface area contributed by atoms with E-state index in [4.69, 9.17) is 9.47 Å². The molecule has 0 N–H and O–H groups in total. The first-order chi connectivity index (χ1) is 8.69. The highest BCUT2D eigenvalue weighted by atomic mass is 16.5. The first kappa shape index (κ1) is 12.2. The molecule has 0 aliphatic rings. The summed E-state index contributed by atoms with van der Waals surface area (Å²) in [6, 6.07) is 5.45. The van der Waals surface area contributed by atoms with E-state index in [-0.39, 0.29) is 0 Å². The van der Waals surface area contributed by atoms with E-state index >= 15 is 0 Å². The Morgan fingerprint density at radius 1 is 1.22 bits per heavy atom. The highest BCUT2D eigenvalue weighted by molar-refractivity contribution is 5.76. The third kappa shape index (κ3) is 2.07. The lowest BCUT2D eigenvalue weighted by molar-refractivity contribution is 0.112. The summed E-state index contributed by atoms with van der Waals surface area (Å²) in [4.78, 5) is 10.8. The Morgan fingerprint density at radius 3 is 2.50 bits per heavy atom. The molecule has 18 heavy (non-hydrogen) atoms. The van der Waals surface area contributed by atoms with Gasteiger partial charge in [0.1, 0.15) is 0 Å². The van der Waals surface area contributed by atoms with E-state index in [9.17, 15) is 4.79 Å². The van der Waals surface area contributed by atoms with Crippen LogP contribution in [-0.4, -0.2) is 30.3 Å². The van der Waals surface area contributed by atoms with Crippen LogP contribution in [-0.2, 0) is 0 Å². The zero-order chi connectivity index (χ0) is 13.1. The van der Waals surface area contributed by atoms with Crippen molar-refractivity contribution in [1.82, 2.24) is 9.78 Å². The van der Waals surface area contributed by atoms with Gasteiger partial charge in [0.15, 0.2) is 17.8 Å². The van der Waals surface area contributed by atoms with Gasteiger partial charge in [0.05, 0.1) is 31.2 Å². The van der Waals surface area contributed by atoms with Crippen LogP contribution in [0.5, 0.6) is 11.5 Å². The number of aldehydes is 1. The fourth-order valence-electron chi connectivity index (χ4n) is 1.69. The minimum absolute atomic E-state index is 0.574. The van der Waals surface area contributed by atoms with E-state index in [2.05, 4.69) is 5.10 Å². The number of carbonyl (C=O) groups excluding carboxylic acids is 1. The normalized spacial score (nSPS) is 10.2. The summed E-state index contributed by atoms with van der Waals surface area (Å²) in [6.45, 7) is 1.79. The number of carbonyl (C=O) groups is 1. The first-order valence-electron chi connectivity index (χ1n) is 5.43. The lowest BCUT2D eigenvalue weighted by Gasteiger charge is -2.09. The molecule has 0 radical (unpaired) electrons. The Balaban J connectivity index is 2.47. The molecule has 0 spiro atoms. The lowest BCUT2D eigenvalue weighted by atomic mass is 10.2. The van der Waals surface area contributed by atoms with Gasteiger partial charge in [0, 0.05) is 12.3 Å². The summed E-state index contributed by atoms with van der Waals surface area (Å²) in [5, 5.41) is 4.27. The van der Waals surface area contributed by atoms with Gasteiger partial charge in [-0.15, -0.1) is 0 Å². The summed E-state index contributed by atoms with van der Waals surface area (Å²) in [5.74, 6) is 1.27. The van der Waals surface area contributed by atoms with Crippen molar-refractivity contribution in [2.75, 3.05) is 14.2 Å². The van der Waals surface area contributed by atoms with Crippen LogP contribution in [0.1, 0.15) is 16.1 Å². The molecule has 0 fully saturated rings. The molecule has 0 bridgehead atoms. The Morgan fingerprint density at radius 2 is 1.94 bits per heavy atom. The molecular formula is C13H14N2O3. The number of ether oxygens (including phenoxy) is 2. The number of hydrogen-bond acceptors (Lipinski definition) is 4. The van der Waals surface area contributed by atoms with Gasteiger partial charge in [0.25, 0.3) is 0 Å². The van der Waals surface area contributed by atoms with Crippen molar-refractivity contribution in [2.24, 2.45) is 0 Å². The van der Waals surface area contributed by atoms with Crippen LogP contribution >= 0.6 is 0 Å². The van der Waals surface area contributed by atoms with Crippen molar-refractivity contribution in [3.63, 3.8) is 0 Å². The fraction of sp³-hybridized carbons (Fsp3) is 0.231. The highest BCUT2D eigenvalue weighted by Crippen LogP contribution is 2.29. The smallest absolute Gasteiger partial charge is 0.162 e. The maximum Gasteiger partial charge on any atom is 0.162 e. The van der Waals surface area contributed by atoms with Gasteiger partial charge in [0.2, 0.25) is 0 Å². The predicted molar refractivity (Wildman–Crippen MR) is 66.8 cm³/mol. The summed E-state index contributed by atoms with van der Waals surface area (Å²) < 4.78 is 12.0. The van der Waals surface area contributed by atoms with Crippen molar-refractivity contribution in [2.45, 2.75) is 6.92 Å². The van der Waals surface area contributed by atoms with Crippen LogP contribution in [0.15, 0.2) is 24.4 Å². The molecular weight excluding hydrogens is 232 g/mol. The molecule has 5 nitrogen and oxygen atoms in total. The van der Waals surface area contributed by atoms with Crippen molar-refractivity contribution >= 4 is 6.29 Å². The zero-order valence-corrected chi connectivity index (χ0v) is 10.5. The second-order valence-corrected chi connectivity index (χ2v) is 3.77.